The van der Waals surface area contributed by atoms with Gasteiger partial charge in [0.25, 0.3) is 0 Å². The molecule has 3 aliphatic heterocycles. The number of para-hydroxylation sites is 1. The molecular formula is C20H22N2O2. The van der Waals surface area contributed by atoms with Crippen molar-refractivity contribution in [2.45, 2.75) is 55.2 Å². The van der Waals surface area contributed by atoms with E-state index in [9.17, 15) is 9.90 Å². The highest BCUT2D eigenvalue weighted by molar-refractivity contribution is 5.91. The van der Waals surface area contributed by atoms with Crippen molar-refractivity contribution in [2.24, 2.45) is 17.3 Å². The smallest absolute Gasteiger partial charge is 0.229 e. The van der Waals surface area contributed by atoms with Gasteiger partial charge in [0.1, 0.15) is 0 Å². The maximum absolute atomic E-state index is 13.4. The Hall–Kier alpha value is -1.55. The molecule has 4 aliphatic carbocycles. The van der Waals surface area contributed by atoms with Crippen LogP contribution in [-0.4, -0.2) is 40.1 Å². The molecule has 7 atom stereocenters. The van der Waals surface area contributed by atoms with E-state index in [0.717, 1.165) is 25.8 Å². The lowest BCUT2D eigenvalue weighted by atomic mass is 9.41. The first kappa shape index (κ1) is 12.8. The van der Waals surface area contributed by atoms with Gasteiger partial charge in [-0.3, -0.25) is 4.79 Å². The van der Waals surface area contributed by atoms with Gasteiger partial charge >= 0.3 is 0 Å². The number of nitrogens with zero attached hydrogens (tertiary/aromatic N) is 1. The van der Waals surface area contributed by atoms with Crippen molar-refractivity contribution in [3.63, 3.8) is 0 Å². The van der Waals surface area contributed by atoms with Crippen molar-refractivity contribution in [3.8, 4) is 0 Å². The molecule has 4 bridgehead atoms. The van der Waals surface area contributed by atoms with Gasteiger partial charge in [-0.05, 0) is 49.1 Å². The van der Waals surface area contributed by atoms with E-state index in [4.69, 9.17) is 0 Å². The average Bonchev–Trinajstić information content (AvgIpc) is 3.10. The van der Waals surface area contributed by atoms with E-state index < -0.39 is 6.10 Å². The number of carbonyl (C=O) groups is 1. The molecule has 24 heavy (non-hydrogen) atoms. The number of anilines is 1. The number of benzene rings is 1. The largest absolute Gasteiger partial charge is 0.392 e. The highest BCUT2D eigenvalue weighted by Crippen LogP contribution is 2.80. The summed E-state index contributed by atoms with van der Waals surface area (Å²) in [7, 11) is 0. The summed E-state index contributed by atoms with van der Waals surface area (Å²) in [4.78, 5) is 15.6. The summed E-state index contributed by atoms with van der Waals surface area (Å²) < 4.78 is 0. The molecule has 3 heterocycles. The molecule has 7 aliphatic rings. The first-order valence-corrected chi connectivity index (χ1v) is 9.52. The van der Waals surface area contributed by atoms with Gasteiger partial charge in [0.05, 0.1) is 29.0 Å². The summed E-state index contributed by atoms with van der Waals surface area (Å²) in [6, 6.07) is 8.92. The van der Waals surface area contributed by atoms with Crippen molar-refractivity contribution in [3.05, 3.63) is 29.8 Å². The lowest BCUT2D eigenvalue weighted by Crippen LogP contribution is -2.74. The minimum atomic E-state index is -0.480. The molecule has 0 unspecified atom stereocenters. The molecule has 3 spiro atoms. The van der Waals surface area contributed by atoms with Crippen LogP contribution < -0.4 is 5.32 Å². The Kier molecular flexibility index (Phi) is 1.80. The monoisotopic (exact) mass is 322 g/mol. The van der Waals surface area contributed by atoms with Crippen LogP contribution in [0.1, 0.15) is 37.7 Å². The number of fused-ring (bicyclic) bond motifs is 2. The molecule has 4 saturated carbocycles. The quantitative estimate of drug-likeness (QED) is 0.767. The molecule has 1 aromatic rings. The Morgan fingerprint density at radius 2 is 2.08 bits per heavy atom. The van der Waals surface area contributed by atoms with Gasteiger partial charge in [-0.25, -0.2) is 0 Å². The molecule has 1 aromatic carbocycles. The molecule has 2 saturated heterocycles. The van der Waals surface area contributed by atoms with Crippen LogP contribution in [0.25, 0.3) is 0 Å². The molecule has 1 amide bonds. The summed E-state index contributed by atoms with van der Waals surface area (Å²) in [5, 5.41) is 15.2. The molecule has 8 rings (SSSR count). The maximum atomic E-state index is 13.4. The SMILES string of the molecule is O=C1[C@@H]2[C@@H](O)[C@H]3C[C@]45CCCN1[C@@H]4[C@]21c2ccccc2N[C@]31CC5. The fourth-order valence-corrected chi connectivity index (χ4v) is 8.63. The summed E-state index contributed by atoms with van der Waals surface area (Å²) in [6.07, 6.45) is 5.30. The molecule has 6 fully saturated rings. The lowest BCUT2D eigenvalue weighted by molar-refractivity contribution is -0.153. The van der Waals surface area contributed by atoms with E-state index >= 15 is 0 Å². The number of carbonyl (C=O) groups excluding carboxylic acids is 1. The van der Waals surface area contributed by atoms with E-state index in [0.29, 0.717) is 6.04 Å². The van der Waals surface area contributed by atoms with Gasteiger partial charge in [0, 0.05) is 18.2 Å². The van der Waals surface area contributed by atoms with Crippen LogP contribution in [-0.2, 0) is 10.2 Å². The normalized spacial score (nSPS) is 54.7. The Morgan fingerprint density at radius 3 is 3.00 bits per heavy atom. The summed E-state index contributed by atoms with van der Waals surface area (Å²) in [5.74, 6) is 0.233. The third kappa shape index (κ3) is 0.905. The van der Waals surface area contributed by atoms with Crippen LogP contribution in [0, 0.1) is 17.3 Å². The van der Waals surface area contributed by atoms with Crippen molar-refractivity contribution < 1.29 is 9.90 Å². The topological polar surface area (TPSA) is 52.6 Å². The Labute approximate surface area is 141 Å². The second-order valence-electron chi connectivity index (χ2n) is 9.19. The zero-order valence-electron chi connectivity index (χ0n) is 13.7. The third-order valence-electron chi connectivity index (χ3n) is 8.94. The lowest BCUT2D eigenvalue weighted by Gasteiger charge is -2.67. The summed E-state index contributed by atoms with van der Waals surface area (Å²) in [6.45, 7) is 0.888. The fraction of sp³-hybridized carbons (Fsp3) is 0.650. The van der Waals surface area contributed by atoms with E-state index in [2.05, 4.69) is 34.5 Å². The number of hydrogen-bond acceptors (Lipinski definition) is 3. The van der Waals surface area contributed by atoms with Gasteiger partial charge in [0.2, 0.25) is 5.91 Å². The molecule has 0 radical (unpaired) electrons. The van der Waals surface area contributed by atoms with E-state index in [1.165, 1.54) is 24.1 Å². The Bertz CT molecular complexity index is 824. The third-order valence-corrected chi connectivity index (χ3v) is 8.94. The molecule has 124 valence electrons. The minimum absolute atomic E-state index is 0.102. The predicted molar refractivity (Wildman–Crippen MR) is 88.5 cm³/mol. The van der Waals surface area contributed by atoms with Crippen LogP contribution >= 0.6 is 0 Å². The van der Waals surface area contributed by atoms with E-state index in [1.54, 1.807) is 0 Å². The standard InChI is InChI=1S/C20H22N2O2/c23-15-12-10-18-6-3-9-22-16(24)14(15)20(17(18)22)11-4-1-2-5-13(11)21-19(12,20)8-7-18/h1-2,4-5,12,14-15,17,21,23H,3,6-10H2/t12-,14+,15+,17+,18-,19-,20+/m1/s1. The summed E-state index contributed by atoms with van der Waals surface area (Å²) >= 11 is 0. The predicted octanol–water partition coefficient (Wildman–Crippen LogP) is 1.88. The van der Waals surface area contributed by atoms with Gasteiger partial charge < -0.3 is 15.3 Å². The van der Waals surface area contributed by atoms with Gasteiger partial charge in [-0.15, -0.1) is 0 Å². The van der Waals surface area contributed by atoms with Crippen LogP contribution in [0.5, 0.6) is 0 Å². The average molecular weight is 322 g/mol. The van der Waals surface area contributed by atoms with Crippen LogP contribution in [0.3, 0.4) is 0 Å². The van der Waals surface area contributed by atoms with E-state index in [1.807, 2.05) is 0 Å². The molecule has 0 aromatic heterocycles. The highest BCUT2D eigenvalue weighted by atomic mass is 16.3. The number of aliphatic hydroxyl groups excluding tert-OH is 1. The number of rotatable bonds is 0. The van der Waals surface area contributed by atoms with Crippen molar-refractivity contribution >= 4 is 11.6 Å². The van der Waals surface area contributed by atoms with Crippen LogP contribution in [0.2, 0.25) is 0 Å². The molecule has 4 heteroatoms. The van der Waals surface area contributed by atoms with Crippen LogP contribution in [0.4, 0.5) is 5.69 Å². The van der Waals surface area contributed by atoms with Crippen molar-refractivity contribution in [1.29, 1.82) is 0 Å². The van der Waals surface area contributed by atoms with Gasteiger partial charge in [-0.1, -0.05) is 18.2 Å². The number of aliphatic hydroxyl groups is 1. The number of hydrogen-bond donors (Lipinski definition) is 2. The summed E-state index contributed by atoms with van der Waals surface area (Å²) in [5.41, 5.74) is 2.49. The molecule has 4 nitrogen and oxygen atoms in total. The molecule has 2 N–H and O–H groups in total. The van der Waals surface area contributed by atoms with Gasteiger partial charge in [0.15, 0.2) is 0 Å². The van der Waals surface area contributed by atoms with E-state index in [-0.39, 0.29) is 34.1 Å². The number of piperidine rings is 1. The Balaban J connectivity index is 1.65. The first-order chi connectivity index (χ1) is 11.7. The fourth-order valence-electron chi connectivity index (χ4n) is 8.63. The second kappa shape index (κ2) is 3.39. The maximum Gasteiger partial charge on any atom is 0.229 e. The Morgan fingerprint density at radius 1 is 1.21 bits per heavy atom. The zero-order valence-corrected chi connectivity index (χ0v) is 13.7. The van der Waals surface area contributed by atoms with Crippen LogP contribution in [0.15, 0.2) is 24.3 Å². The minimum Gasteiger partial charge on any atom is -0.392 e. The highest BCUT2D eigenvalue weighted by Gasteiger charge is 2.88. The number of amides is 1. The van der Waals surface area contributed by atoms with Gasteiger partial charge in [-0.2, -0.15) is 0 Å². The van der Waals surface area contributed by atoms with Crippen molar-refractivity contribution in [2.75, 3.05) is 11.9 Å². The van der Waals surface area contributed by atoms with Crippen molar-refractivity contribution in [1.82, 2.24) is 4.90 Å². The second-order valence-corrected chi connectivity index (χ2v) is 9.19. The zero-order chi connectivity index (χ0) is 15.9. The number of nitrogens with one attached hydrogen (secondary N) is 1. The first-order valence-electron chi connectivity index (χ1n) is 9.52. The molecular weight excluding hydrogens is 300 g/mol.